The summed E-state index contributed by atoms with van der Waals surface area (Å²) in [6.07, 6.45) is 0. The smallest absolute Gasteiger partial charge is 0.0726 e. The molecule has 2 nitrogen and oxygen atoms in total. The largest absolute Gasteiger partial charge is 0.310 e. The van der Waals surface area contributed by atoms with Gasteiger partial charge >= 0.3 is 0 Å². The van der Waals surface area contributed by atoms with E-state index in [2.05, 4.69) is 204 Å². The number of aromatic nitrogens is 1. The van der Waals surface area contributed by atoms with Crippen molar-refractivity contribution in [3.05, 3.63) is 241 Å². The topological polar surface area (TPSA) is 8.17 Å². The molecule has 2 heteroatoms. The van der Waals surface area contributed by atoms with Crippen LogP contribution >= 0.6 is 0 Å². The second kappa shape index (κ2) is 12.2. The molecule has 0 bridgehead atoms. The van der Waals surface area contributed by atoms with Crippen LogP contribution in [0.25, 0.3) is 71.3 Å². The Hall–Kier alpha value is -7.68. The maximum absolute atomic E-state index is 9.78. The van der Waals surface area contributed by atoms with E-state index in [0.717, 1.165) is 94.1 Å². The number of nitrogens with zero attached hydrogens (tertiary/aromatic N) is 2. The highest BCUT2D eigenvalue weighted by molar-refractivity contribution is 6.11. The number of rotatable bonds is 4. The molecule has 2 aliphatic rings. The molecule has 274 valence electrons. The van der Waals surface area contributed by atoms with E-state index in [1.165, 1.54) is 5.39 Å². The number of anilines is 3. The summed E-state index contributed by atoms with van der Waals surface area (Å²) in [5.74, 6) is 0. The van der Waals surface area contributed by atoms with E-state index in [0.29, 0.717) is 11.1 Å². The van der Waals surface area contributed by atoms with Gasteiger partial charge in [-0.3, -0.25) is 0 Å². The summed E-state index contributed by atoms with van der Waals surface area (Å²) < 4.78 is 39.8. The first kappa shape index (κ1) is 28.7. The molecule has 1 aromatic heterocycles. The second-order valence-corrected chi connectivity index (χ2v) is 15.7. The summed E-state index contributed by atoms with van der Waals surface area (Å²) in [6, 6.07) is 68.2. The highest BCUT2D eigenvalue weighted by Gasteiger charge is 2.50. The van der Waals surface area contributed by atoms with Crippen LogP contribution in [-0.4, -0.2) is 4.57 Å². The Morgan fingerprint density at radius 2 is 1.05 bits per heavy atom. The van der Waals surface area contributed by atoms with E-state index >= 15 is 0 Å². The molecule has 0 saturated carbocycles. The lowest BCUT2D eigenvalue weighted by atomic mass is 9.61. The Morgan fingerprint density at radius 1 is 0.407 bits per heavy atom. The molecule has 1 atom stereocenters. The highest BCUT2D eigenvalue weighted by atomic mass is 15.1. The summed E-state index contributed by atoms with van der Waals surface area (Å²) in [4.78, 5) is 2.35. The molecule has 0 N–H and O–H groups in total. The van der Waals surface area contributed by atoms with Crippen molar-refractivity contribution in [3.8, 4) is 27.9 Å². The van der Waals surface area contributed by atoms with Gasteiger partial charge in [-0.05, 0) is 109 Å². The minimum absolute atomic E-state index is 0.0139. The van der Waals surface area contributed by atoms with Crippen LogP contribution in [0.5, 0.6) is 0 Å². The minimum atomic E-state index is -1.06. The Bertz CT molecular complexity index is 3750. The predicted molar refractivity (Wildman–Crippen MR) is 247 cm³/mol. The molecule has 0 radical (unpaired) electrons. The maximum atomic E-state index is 9.78. The molecule has 0 saturated heterocycles. The van der Waals surface area contributed by atoms with Crippen molar-refractivity contribution < 1.29 is 5.48 Å². The zero-order valence-corrected chi connectivity index (χ0v) is 31.9. The van der Waals surface area contributed by atoms with E-state index in [-0.39, 0.29) is 24.2 Å². The molecule has 59 heavy (non-hydrogen) atoms. The fraction of sp³-hybridized carbons (Fsp3) is 0.0175. The number of hydrogen-bond acceptors (Lipinski definition) is 1. The van der Waals surface area contributed by atoms with Gasteiger partial charge in [-0.1, -0.05) is 170 Å². The molecule has 0 aliphatic heterocycles. The van der Waals surface area contributed by atoms with Crippen LogP contribution < -0.4 is 4.90 Å². The van der Waals surface area contributed by atoms with Crippen LogP contribution in [-0.2, 0) is 5.41 Å². The van der Waals surface area contributed by atoms with Crippen molar-refractivity contribution in [1.82, 2.24) is 4.57 Å². The van der Waals surface area contributed by atoms with Crippen molar-refractivity contribution in [3.63, 3.8) is 0 Å². The molecule has 1 heterocycles. The van der Waals surface area contributed by atoms with Crippen LogP contribution in [0.15, 0.2) is 218 Å². The van der Waals surface area contributed by atoms with Crippen molar-refractivity contribution in [2.45, 2.75) is 5.41 Å². The maximum Gasteiger partial charge on any atom is 0.0726 e. The summed E-state index contributed by atoms with van der Waals surface area (Å²) in [7, 11) is 0. The molecule has 1 unspecified atom stereocenters. The van der Waals surface area contributed by atoms with Gasteiger partial charge < -0.3 is 9.47 Å². The number of para-hydroxylation sites is 2. The first-order valence-corrected chi connectivity index (χ1v) is 20.2. The average molecular weight is 753 g/mol. The predicted octanol–water partition coefficient (Wildman–Crippen LogP) is 14.9. The van der Waals surface area contributed by atoms with Gasteiger partial charge in [0.2, 0.25) is 0 Å². The Morgan fingerprint density at radius 3 is 1.98 bits per heavy atom. The Balaban J connectivity index is 1.16. The third kappa shape index (κ3) is 4.35. The number of fused-ring (bicyclic) bond motifs is 13. The first-order chi connectivity index (χ1) is 30.9. The van der Waals surface area contributed by atoms with Gasteiger partial charge in [0.25, 0.3) is 0 Å². The molecule has 0 amide bonds. The fourth-order valence-corrected chi connectivity index (χ4v) is 10.5. The van der Waals surface area contributed by atoms with Gasteiger partial charge in [0.15, 0.2) is 0 Å². The van der Waals surface area contributed by atoms with Crippen LogP contribution in [0.4, 0.5) is 17.1 Å². The normalized spacial score (nSPS) is 15.8. The molecular weight excluding hydrogens is 713 g/mol. The molecule has 11 aromatic rings. The van der Waals surface area contributed by atoms with Gasteiger partial charge in [0.05, 0.1) is 27.6 Å². The summed E-state index contributed by atoms with van der Waals surface area (Å²) in [5, 5.41) is 6.75. The fourth-order valence-electron chi connectivity index (χ4n) is 10.5. The van der Waals surface area contributed by atoms with Gasteiger partial charge in [0.1, 0.15) is 0 Å². The zero-order chi connectivity index (χ0) is 42.1. The third-order valence-corrected chi connectivity index (χ3v) is 12.9. The minimum Gasteiger partial charge on any atom is -0.310 e. The van der Waals surface area contributed by atoms with Gasteiger partial charge in [-0.15, -0.1) is 0 Å². The molecular formula is C57H36N2. The second-order valence-electron chi connectivity index (χ2n) is 15.7. The molecule has 1 spiro atoms. The first-order valence-electron chi connectivity index (χ1n) is 22.2. The van der Waals surface area contributed by atoms with E-state index in [1.54, 1.807) is 0 Å². The van der Waals surface area contributed by atoms with Crippen molar-refractivity contribution in [2.24, 2.45) is 0 Å². The lowest BCUT2D eigenvalue weighted by Gasteiger charge is -2.40. The van der Waals surface area contributed by atoms with E-state index in [9.17, 15) is 2.74 Å². The van der Waals surface area contributed by atoms with Crippen LogP contribution in [0.3, 0.4) is 0 Å². The Labute approximate surface area is 348 Å². The third-order valence-electron chi connectivity index (χ3n) is 12.9. The summed E-state index contributed by atoms with van der Waals surface area (Å²) >= 11 is 0. The molecule has 10 aromatic carbocycles. The summed E-state index contributed by atoms with van der Waals surface area (Å²) in [5.41, 5.74) is 12.2. The molecule has 0 fully saturated rings. The van der Waals surface area contributed by atoms with Crippen molar-refractivity contribution in [2.75, 3.05) is 4.90 Å². The van der Waals surface area contributed by atoms with Gasteiger partial charge in [-0.25, -0.2) is 0 Å². The Kier molecular flexibility index (Phi) is 5.91. The van der Waals surface area contributed by atoms with E-state index in [1.807, 2.05) is 0 Å². The van der Waals surface area contributed by atoms with E-state index in [4.69, 9.17) is 2.74 Å². The quantitative estimate of drug-likeness (QED) is 0.174. The number of benzene rings is 10. The van der Waals surface area contributed by atoms with Crippen LogP contribution in [0, 0.1) is 0 Å². The average Bonchev–Trinajstić information content (AvgIpc) is 3.83. The van der Waals surface area contributed by atoms with Crippen molar-refractivity contribution >= 4 is 60.4 Å². The summed E-state index contributed by atoms with van der Waals surface area (Å²) in [6.45, 7) is 0. The van der Waals surface area contributed by atoms with Crippen LogP contribution in [0.2, 0.25) is 0 Å². The SMILES string of the molecule is [2H]c1c([2H])c([2H])c2c(c1[2H])-c1ccc(N(c3ccc4c5ccccc5n(-c5ccccc5)c4c3)c3cccc4ccccc34)cc1C21c2ccccc2-c2cccc3cccc1c23. The lowest BCUT2D eigenvalue weighted by molar-refractivity contribution is 0.773. The highest BCUT2D eigenvalue weighted by Crippen LogP contribution is 2.62. The standard InChI is InChI=1S/C57H36N2/c1-2-19-39(20-3-1)59-54-29-11-8-24-46(54)47-34-32-41(36-55(47)59)58(53-30-14-16-37-15-4-5-21-42(37)53)40-31-33-45-43-22-6-9-26-49(43)57(52(45)35-40)50-27-10-7-23-44(50)48-25-12-17-38-18-13-28-51(57)56(38)48/h1-36H/i6D,9D,22D,26D. The lowest BCUT2D eigenvalue weighted by Crippen LogP contribution is -2.32. The molecule has 2 aliphatic carbocycles. The van der Waals surface area contributed by atoms with Crippen molar-refractivity contribution in [1.29, 1.82) is 0 Å². The van der Waals surface area contributed by atoms with Gasteiger partial charge in [0, 0.05) is 33.2 Å². The zero-order valence-electron chi connectivity index (χ0n) is 35.9. The van der Waals surface area contributed by atoms with E-state index < -0.39 is 5.41 Å². The molecule has 13 rings (SSSR count). The van der Waals surface area contributed by atoms with Gasteiger partial charge in [-0.2, -0.15) is 0 Å². The van der Waals surface area contributed by atoms with Crippen LogP contribution in [0.1, 0.15) is 27.7 Å². The number of hydrogen-bond donors (Lipinski definition) is 0. The monoisotopic (exact) mass is 752 g/mol.